The van der Waals surface area contributed by atoms with Crippen LogP contribution >= 0.6 is 0 Å². The van der Waals surface area contributed by atoms with Crippen LogP contribution in [0.15, 0.2) is 60.4 Å². The Morgan fingerprint density at radius 1 is 1.23 bits per heavy atom. The van der Waals surface area contributed by atoms with Crippen LogP contribution in [0.2, 0.25) is 6.32 Å². The topological polar surface area (TPSA) is 12.0 Å². The first-order valence-corrected chi connectivity index (χ1v) is 10.6. The molecule has 1 nitrogen and oxygen atoms in total. The second-order valence-corrected chi connectivity index (χ2v) is 8.55. The second-order valence-electron chi connectivity index (χ2n) is 8.55. The van der Waals surface area contributed by atoms with Crippen molar-refractivity contribution in [2.75, 3.05) is 0 Å². The zero-order chi connectivity index (χ0) is 18.5. The summed E-state index contributed by atoms with van der Waals surface area (Å²) in [6.45, 7) is 15.0. The first-order valence-electron chi connectivity index (χ1n) is 10.6. The lowest BCUT2D eigenvalue weighted by molar-refractivity contribution is 0.401. The summed E-state index contributed by atoms with van der Waals surface area (Å²) in [5.74, 6) is 2.67. The highest BCUT2D eigenvalue weighted by Gasteiger charge is 2.33. The van der Waals surface area contributed by atoms with Crippen LogP contribution in [-0.4, -0.2) is 13.2 Å². The van der Waals surface area contributed by atoms with Crippen LogP contribution in [0, 0.1) is 17.8 Å². The molecule has 1 saturated carbocycles. The molecule has 2 aliphatic carbocycles. The number of hydrogen-bond acceptors (Lipinski definition) is 1. The summed E-state index contributed by atoms with van der Waals surface area (Å²) in [5.41, 5.74) is 5.44. The molecule has 1 N–H and O–H groups in total. The summed E-state index contributed by atoms with van der Waals surface area (Å²) in [6.07, 6.45) is 17.9. The van der Waals surface area contributed by atoms with Crippen molar-refractivity contribution in [2.45, 2.75) is 70.6 Å². The van der Waals surface area contributed by atoms with Gasteiger partial charge in [0.25, 0.3) is 0 Å². The van der Waals surface area contributed by atoms with Crippen molar-refractivity contribution < 1.29 is 0 Å². The fraction of sp³-hybridized carbons (Fsp3) is 0.583. The van der Waals surface area contributed by atoms with Gasteiger partial charge in [-0.05, 0) is 80.6 Å². The minimum absolute atomic E-state index is 0.465. The fourth-order valence-electron chi connectivity index (χ4n) is 4.43. The standard InChI is InChI=1S/C24H35BN/c1-5-19(4)26-24-15-21-10-7-11-22(23(21)16-25-24)18(3)9-6-8-17(2)14-20-12-13-20/h7,10-11,20-21,23-24,26H,2-6,8-9,12-16H2,1H3. The van der Waals surface area contributed by atoms with Gasteiger partial charge in [-0.25, -0.2) is 0 Å². The lowest BCUT2D eigenvalue weighted by Crippen LogP contribution is -2.42. The van der Waals surface area contributed by atoms with E-state index in [1.807, 2.05) is 0 Å². The third-order valence-electron chi connectivity index (χ3n) is 6.26. The van der Waals surface area contributed by atoms with E-state index < -0.39 is 0 Å². The van der Waals surface area contributed by atoms with Crippen LogP contribution in [-0.2, 0) is 0 Å². The quantitative estimate of drug-likeness (QED) is 0.368. The largest absolute Gasteiger partial charge is 0.394 e. The van der Waals surface area contributed by atoms with Crippen LogP contribution in [0.25, 0.3) is 0 Å². The molecule has 3 aliphatic rings. The molecular weight excluding hydrogens is 313 g/mol. The first-order chi connectivity index (χ1) is 12.6. The highest BCUT2D eigenvalue weighted by molar-refractivity contribution is 6.38. The molecule has 1 aliphatic heterocycles. The average Bonchev–Trinajstić information content (AvgIpc) is 3.44. The molecule has 0 aromatic carbocycles. The molecule has 3 rings (SSSR count). The predicted molar refractivity (Wildman–Crippen MR) is 115 cm³/mol. The van der Waals surface area contributed by atoms with Gasteiger partial charge in [0.2, 0.25) is 0 Å². The molecule has 1 heterocycles. The zero-order valence-corrected chi connectivity index (χ0v) is 16.6. The van der Waals surface area contributed by atoms with Crippen molar-refractivity contribution in [3.05, 3.63) is 60.4 Å². The van der Waals surface area contributed by atoms with E-state index in [4.69, 9.17) is 0 Å². The second kappa shape index (κ2) is 8.97. The van der Waals surface area contributed by atoms with Gasteiger partial charge in [0.15, 0.2) is 0 Å². The van der Waals surface area contributed by atoms with E-state index in [2.05, 4.69) is 57.5 Å². The minimum atomic E-state index is 0.465. The van der Waals surface area contributed by atoms with Crippen molar-refractivity contribution in [1.82, 2.24) is 5.32 Å². The van der Waals surface area contributed by atoms with Crippen LogP contribution in [0.4, 0.5) is 0 Å². The Morgan fingerprint density at radius 3 is 2.77 bits per heavy atom. The molecule has 139 valence electrons. The van der Waals surface area contributed by atoms with Gasteiger partial charge in [-0.15, -0.1) is 0 Å². The summed E-state index contributed by atoms with van der Waals surface area (Å²) in [5, 5.41) is 3.58. The van der Waals surface area contributed by atoms with Crippen molar-refractivity contribution in [3.8, 4) is 0 Å². The minimum Gasteiger partial charge on any atom is -0.394 e. The van der Waals surface area contributed by atoms with Crippen LogP contribution < -0.4 is 5.32 Å². The van der Waals surface area contributed by atoms with E-state index in [9.17, 15) is 0 Å². The molecule has 0 amide bonds. The van der Waals surface area contributed by atoms with Crippen molar-refractivity contribution >= 4 is 7.28 Å². The van der Waals surface area contributed by atoms with Crippen molar-refractivity contribution in [3.63, 3.8) is 0 Å². The number of nitrogens with one attached hydrogen (secondary N) is 1. The molecule has 3 unspecified atom stereocenters. The lowest BCUT2D eigenvalue weighted by Gasteiger charge is -2.39. The van der Waals surface area contributed by atoms with E-state index in [1.165, 1.54) is 55.2 Å². The first kappa shape index (κ1) is 19.3. The molecule has 1 radical (unpaired) electrons. The molecule has 0 spiro atoms. The Morgan fingerprint density at radius 2 is 2.04 bits per heavy atom. The number of rotatable bonds is 10. The fourth-order valence-corrected chi connectivity index (χ4v) is 4.43. The average molecular weight is 348 g/mol. The maximum Gasteiger partial charge on any atom is 0.140 e. The molecule has 2 heteroatoms. The van der Waals surface area contributed by atoms with Gasteiger partial charge in [0.1, 0.15) is 7.28 Å². The Bertz CT molecular complexity index is 608. The molecule has 0 aromatic heterocycles. The van der Waals surface area contributed by atoms with Gasteiger partial charge >= 0.3 is 0 Å². The van der Waals surface area contributed by atoms with Gasteiger partial charge in [-0.3, -0.25) is 0 Å². The molecular formula is C24H35BN. The molecule has 3 atom stereocenters. The van der Waals surface area contributed by atoms with Crippen LogP contribution in [0.1, 0.15) is 58.3 Å². The number of allylic oxidation sites excluding steroid dienone is 7. The maximum absolute atomic E-state index is 4.44. The molecule has 1 saturated heterocycles. The highest BCUT2D eigenvalue weighted by atomic mass is 14.9. The van der Waals surface area contributed by atoms with Crippen molar-refractivity contribution in [1.29, 1.82) is 0 Å². The maximum atomic E-state index is 4.44. The van der Waals surface area contributed by atoms with Crippen LogP contribution in [0.3, 0.4) is 0 Å². The molecule has 2 fully saturated rings. The Kier molecular flexibility index (Phi) is 6.67. The SMILES string of the molecule is C=C(CCCC(=C)C1=CC=CC2CC(NC(=C)CC)[B]CC12)CC1CC1. The Labute approximate surface area is 161 Å². The van der Waals surface area contributed by atoms with E-state index in [1.54, 1.807) is 0 Å². The molecule has 0 aromatic rings. The summed E-state index contributed by atoms with van der Waals surface area (Å²) in [4.78, 5) is 0. The van der Waals surface area contributed by atoms with Gasteiger partial charge in [-0.2, -0.15) is 0 Å². The third-order valence-corrected chi connectivity index (χ3v) is 6.26. The van der Waals surface area contributed by atoms with Gasteiger partial charge in [0.05, 0.1) is 0 Å². The summed E-state index contributed by atoms with van der Waals surface area (Å²) in [6, 6.07) is 0. The predicted octanol–water partition coefficient (Wildman–Crippen LogP) is 6.16. The van der Waals surface area contributed by atoms with Crippen molar-refractivity contribution in [2.24, 2.45) is 17.8 Å². The molecule has 26 heavy (non-hydrogen) atoms. The zero-order valence-electron chi connectivity index (χ0n) is 16.6. The van der Waals surface area contributed by atoms with E-state index in [-0.39, 0.29) is 0 Å². The van der Waals surface area contributed by atoms with E-state index in [0.717, 1.165) is 30.8 Å². The summed E-state index contributed by atoms with van der Waals surface area (Å²) in [7, 11) is 2.46. The van der Waals surface area contributed by atoms with Crippen LogP contribution in [0.5, 0.6) is 0 Å². The Hall–Kier alpha value is -1.44. The van der Waals surface area contributed by atoms with Gasteiger partial charge in [0, 0.05) is 5.70 Å². The van der Waals surface area contributed by atoms with E-state index in [0.29, 0.717) is 17.8 Å². The van der Waals surface area contributed by atoms with Gasteiger partial charge in [-0.1, -0.05) is 62.4 Å². The number of hydrogen-bond donors (Lipinski definition) is 1. The molecule has 0 bridgehead atoms. The van der Waals surface area contributed by atoms with E-state index >= 15 is 0 Å². The Balaban J connectivity index is 1.46. The lowest BCUT2D eigenvalue weighted by atomic mass is 9.51. The number of fused-ring (bicyclic) bond motifs is 1. The summed E-state index contributed by atoms with van der Waals surface area (Å²) < 4.78 is 0. The van der Waals surface area contributed by atoms with Gasteiger partial charge < -0.3 is 5.32 Å². The third kappa shape index (κ3) is 5.28. The monoisotopic (exact) mass is 348 g/mol. The highest BCUT2D eigenvalue weighted by Crippen LogP contribution is 2.40. The summed E-state index contributed by atoms with van der Waals surface area (Å²) >= 11 is 0. The smallest absolute Gasteiger partial charge is 0.140 e. The normalized spacial score (nSPS) is 27.1.